The first-order valence-electron chi connectivity index (χ1n) is 9.42. The van der Waals surface area contributed by atoms with Crippen LogP contribution in [0.5, 0.6) is 0 Å². The largest absolute Gasteiger partial charge is 0.367 e. The molecule has 0 amide bonds. The van der Waals surface area contributed by atoms with E-state index in [9.17, 15) is 4.39 Å². The molecule has 2 aromatic rings. The fourth-order valence-corrected chi connectivity index (χ4v) is 3.26. The van der Waals surface area contributed by atoms with Gasteiger partial charge in [0.1, 0.15) is 11.9 Å². The van der Waals surface area contributed by atoms with Crippen LogP contribution in [-0.4, -0.2) is 41.6 Å². The van der Waals surface area contributed by atoms with E-state index in [0.717, 1.165) is 36.0 Å². The summed E-state index contributed by atoms with van der Waals surface area (Å²) in [5.74, 6) is 0.614. The van der Waals surface area contributed by atoms with E-state index in [1.54, 1.807) is 12.1 Å². The van der Waals surface area contributed by atoms with E-state index in [1.807, 2.05) is 32.0 Å². The van der Waals surface area contributed by atoms with Crippen LogP contribution in [0.4, 0.5) is 4.39 Å². The zero-order valence-electron chi connectivity index (χ0n) is 16.2. The lowest BCUT2D eigenvalue weighted by molar-refractivity contribution is -0.0605. The van der Waals surface area contributed by atoms with Crippen LogP contribution in [0.25, 0.3) is 0 Å². The monoisotopic (exact) mass is 370 g/mol. The highest BCUT2D eigenvalue weighted by molar-refractivity contribution is 5.80. The number of ether oxygens (including phenoxy) is 1. The van der Waals surface area contributed by atoms with Gasteiger partial charge in [-0.25, -0.2) is 9.38 Å². The number of aromatic nitrogens is 1. The van der Waals surface area contributed by atoms with E-state index in [2.05, 4.69) is 22.1 Å². The molecule has 0 bridgehead atoms. The van der Waals surface area contributed by atoms with Crippen molar-refractivity contribution in [2.45, 2.75) is 39.5 Å². The van der Waals surface area contributed by atoms with Crippen molar-refractivity contribution >= 4 is 5.96 Å². The van der Waals surface area contributed by atoms with Crippen LogP contribution in [0.2, 0.25) is 0 Å². The summed E-state index contributed by atoms with van der Waals surface area (Å²) in [6.45, 7) is 8.82. The summed E-state index contributed by atoms with van der Waals surface area (Å²) >= 11 is 0. The number of aryl methyl sites for hydroxylation is 1. The van der Waals surface area contributed by atoms with Crippen LogP contribution in [-0.2, 0) is 11.3 Å². The number of hydrogen-bond donors (Lipinski definition) is 1. The zero-order chi connectivity index (χ0) is 19.2. The average Bonchev–Trinajstić information content (AvgIpc) is 2.65. The van der Waals surface area contributed by atoms with Gasteiger partial charge in [-0.05, 0) is 50.6 Å². The number of guanidine groups is 1. The van der Waals surface area contributed by atoms with E-state index in [4.69, 9.17) is 9.73 Å². The van der Waals surface area contributed by atoms with Crippen LogP contribution in [0.15, 0.2) is 47.5 Å². The summed E-state index contributed by atoms with van der Waals surface area (Å²) in [6.07, 6.45) is -0.0648. The first-order valence-corrected chi connectivity index (χ1v) is 9.42. The van der Waals surface area contributed by atoms with Gasteiger partial charge in [-0.1, -0.05) is 18.2 Å². The molecular weight excluding hydrogens is 343 g/mol. The molecule has 1 saturated heterocycles. The smallest absolute Gasteiger partial charge is 0.194 e. The predicted octanol–water partition coefficient (Wildman–Crippen LogP) is 3.46. The lowest BCUT2D eigenvalue weighted by atomic mass is 10.1. The number of benzene rings is 1. The minimum Gasteiger partial charge on any atom is -0.367 e. The molecule has 0 radical (unpaired) electrons. The lowest BCUT2D eigenvalue weighted by Crippen LogP contribution is -2.50. The Morgan fingerprint density at radius 1 is 1.26 bits per heavy atom. The third kappa shape index (κ3) is 5.26. The van der Waals surface area contributed by atoms with Gasteiger partial charge in [0.25, 0.3) is 0 Å². The van der Waals surface area contributed by atoms with Gasteiger partial charge in [-0.15, -0.1) is 0 Å². The van der Waals surface area contributed by atoms with Gasteiger partial charge < -0.3 is 15.0 Å². The molecule has 1 aromatic heterocycles. The third-order valence-corrected chi connectivity index (χ3v) is 4.47. The molecular formula is C21H27FN4O. The summed E-state index contributed by atoms with van der Waals surface area (Å²) in [5.41, 5.74) is 2.91. The van der Waals surface area contributed by atoms with Crippen molar-refractivity contribution in [3.05, 3.63) is 65.2 Å². The Hall–Kier alpha value is -2.47. The summed E-state index contributed by atoms with van der Waals surface area (Å²) in [7, 11) is 0. The summed E-state index contributed by atoms with van der Waals surface area (Å²) in [5, 5.41) is 3.37. The van der Waals surface area contributed by atoms with Crippen LogP contribution in [0.3, 0.4) is 0 Å². The highest BCUT2D eigenvalue weighted by Crippen LogP contribution is 2.25. The molecule has 144 valence electrons. The van der Waals surface area contributed by atoms with E-state index < -0.39 is 0 Å². The first kappa shape index (κ1) is 19.3. The van der Waals surface area contributed by atoms with Crippen molar-refractivity contribution in [3.63, 3.8) is 0 Å². The molecule has 1 aromatic carbocycles. The SMILES string of the molecule is CCNC(=NCc1cccc(C)n1)N1CC(C)OC(c2ccc(F)cc2)C1. The molecule has 0 aliphatic carbocycles. The molecule has 5 nitrogen and oxygen atoms in total. The second kappa shape index (κ2) is 8.95. The fourth-order valence-electron chi connectivity index (χ4n) is 3.26. The molecule has 27 heavy (non-hydrogen) atoms. The van der Waals surface area contributed by atoms with Gasteiger partial charge in [0.05, 0.1) is 24.9 Å². The molecule has 0 spiro atoms. The minimum atomic E-state index is -0.236. The van der Waals surface area contributed by atoms with Crippen LogP contribution < -0.4 is 5.32 Å². The Labute approximate surface area is 160 Å². The van der Waals surface area contributed by atoms with E-state index in [0.29, 0.717) is 13.1 Å². The number of nitrogens with zero attached hydrogens (tertiary/aromatic N) is 3. The summed E-state index contributed by atoms with van der Waals surface area (Å²) in [6, 6.07) is 12.5. The Kier molecular flexibility index (Phi) is 6.40. The molecule has 6 heteroatoms. The van der Waals surface area contributed by atoms with Gasteiger partial charge >= 0.3 is 0 Å². The van der Waals surface area contributed by atoms with Gasteiger partial charge in [-0.3, -0.25) is 4.98 Å². The van der Waals surface area contributed by atoms with E-state index >= 15 is 0 Å². The highest BCUT2D eigenvalue weighted by Gasteiger charge is 2.28. The fraction of sp³-hybridized carbons (Fsp3) is 0.429. The number of hydrogen-bond acceptors (Lipinski definition) is 3. The molecule has 1 aliphatic rings. The molecule has 1 fully saturated rings. The Morgan fingerprint density at radius 3 is 2.74 bits per heavy atom. The van der Waals surface area contributed by atoms with Crippen molar-refractivity contribution < 1.29 is 9.13 Å². The van der Waals surface area contributed by atoms with Gasteiger partial charge in [0.15, 0.2) is 5.96 Å². The molecule has 2 atom stereocenters. The topological polar surface area (TPSA) is 49.8 Å². The Morgan fingerprint density at radius 2 is 2.04 bits per heavy atom. The lowest BCUT2D eigenvalue weighted by Gasteiger charge is -2.38. The molecule has 0 saturated carbocycles. The number of nitrogens with one attached hydrogen (secondary N) is 1. The van der Waals surface area contributed by atoms with Gasteiger partial charge in [0, 0.05) is 18.8 Å². The van der Waals surface area contributed by atoms with Gasteiger partial charge in [0.2, 0.25) is 0 Å². The first-order chi connectivity index (χ1) is 13.0. The van der Waals surface area contributed by atoms with Crippen LogP contribution in [0, 0.1) is 12.7 Å². The van der Waals surface area contributed by atoms with E-state index in [-0.39, 0.29) is 18.0 Å². The Balaban J connectivity index is 1.76. The maximum Gasteiger partial charge on any atom is 0.194 e. The van der Waals surface area contributed by atoms with Crippen LogP contribution >= 0.6 is 0 Å². The molecule has 1 N–H and O–H groups in total. The normalized spacial score (nSPS) is 20.6. The number of morpholine rings is 1. The second-order valence-corrected chi connectivity index (χ2v) is 6.83. The van der Waals surface area contributed by atoms with Crippen molar-refractivity contribution in [2.75, 3.05) is 19.6 Å². The van der Waals surface area contributed by atoms with Crippen molar-refractivity contribution in [2.24, 2.45) is 4.99 Å². The Bertz CT molecular complexity index is 778. The molecule has 1 aliphatic heterocycles. The van der Waals surface area contributed by atoms with Crippen molar-refractivity contribution in [1.82, 2.24) is 15.2 Å². The van der Waals surface area contributed by atoms with E-state index in [1.165, 1.54) is 12.1 Å². The number of rotatable bonds is 4. The zero-order valence-corrected chi connectivity index (χ0v) is 16.2. The molecule has 2 heterocycles. The average molecular weight is 370 g/mol. The number of aliphatic imine (C=N–C) groups is 1. The van der Waals surface area contributed by atoms with Crippen molar-refractivity contribution in [3.8, 4) is 0 Å². The number of halogens is 1. The second-order valence-electron chi connectivity index (χ2n) is 6.83. The maximum absolute atomic E-state index is 13.2. The predicted molar refractivity (Wildman–Crippen MR) is 105 cm³/mol. The summed E-state index contributed by atoms with van der Waals surface area (Å²) in [4.78, 5) is 11.5. The third-order valence-electron chi connectivity index (χ3n) is 4.47. The minimum absolute atomic E-state index is 0.0507. The highest BCUT2D eigenvalue weighted by atomic mass is 19.1. The van der Waals surface area contributed by atoms with Crippen LogP contribution in [0.1, 0.15) is 36.9 Å². The summed E-state index contributed by atoms with van der Waals surface area (Å²) < 4.78 is 19.3. The van der Waals surface area contributed by atoms with Gasteiger partial charge in [-0.2, -0.15) is 0 Å². The van der Waals surface area contributed by atoms with Crippen molar-refractivity contribution in [1.29, 1.82) is 0 Å². The number of pyridine rings is 1. The molecule has 3 rings (SSSR count). The maximum atomic E-state index is 13.2. The quantitative estimate of drug-likeness (QED) is 0.661. The molecule has 2 unspecified atom stereocenters. The standard InChI is InChI=1S/C21H27FN4O/c1-4-23-21(24-12-19-7-5-6-15(2)25-19)26-13-16(3)27-20(14-26)17-8-10-18(22)11-9-17/h5-11,16,20H,4,12-14H2,1-3H3,(H,23,24).